The Morgan fingerprint density at radius 1 is 1.08 bits per heavy atom. The van der Waals surface area contributed by atoms with Gasteiger partial charge in [0.2, 0.25) is 0 Å². The summed E-state index contributed by atoms with van der Waals surface area (Å²) in [4.78, 5) is 22.0. The van der Waals surface area contributed by atoms with Crippen LogP contribution in [-0.2, 0) is 9.53 Å². The van der Waals surface area contributed by atoms with Crippen LogP contribution < -0.4 is 10.5 Å². The third kappa shape index (κ3) is 5.01. The van der Waals surface area contributed by atoms with Crippen molar-refractivity contribution in [1.82, 2.24) is 24.6 Å². The molecule has 9 heteroatoms. The van der Waals surface area contributed by atoms with Crippen LogP contribution in [0.25, 0.3) is 22.3 Å². The first-order chi connectivity index (χ1) is 17.4. The van der Waals surface area contributed by atoms with Gasteiger partial charge >= 0.3 is 0 Å². The third-order valence-electron chi connectivity index (χ3n) is 6.42. The summed E-state index contributed by atoms with van der Waals surface area (Å²) in [6.45, 7) is 6.72. The molecule has 2 N–H and O–H groups in total. The van der Waals surface area contributed by atoms with Crippen molar-refractivity contribution < 1.29 is 14.3 Å². The molecule has 0 aliphatic carbocycles. The van der Waals surface area contributed by atoms with Crippen LogP contribution in [0.5, 0.6) is 11.5 Å². The molecule has 0 saturated carbocycles. The van der Waals surface area contributed by atoms with E-state index in [0.29, 0.717) is 18.8 Å². The number of ether oxygens (including phenoxy) is 2. The Kier molecular flexibility index (Phi) is 6.56. The van der Waals surface area contributed by atoms with E-state index in [2.05, 4.69) is 14.9 Å². The number of benzene rings is 2. The van der Waals surface area contributed by atoms with Crippen molar-refractivity contribution in [3.8, 4) is 22.8 Å². The van der Waals surface area contributed by atoms with E-state index in [4.69, 9.17) is 20.3 Å². The molecule has 1 aliphatic heterocycles. The van der Waals surface area contributed by atoms with E-state index in [9.17, 15) is 4.79 Å². The van der Waals surface area contributed by atoms with Crippen molar-refractivity contribution >= 4 is 23.3 Å². The standard InChI is InChI=1S/C27H30N6O3/c1-27(2,35-18-34)16-32-14-6-7-20(15-32)33-26-23(25(28)29-17-30-26)24(31-33)19-10-12-22(13-11-19)36-21-8-4-3-5-9-21/h3-5,8-13,17-18,20H,6-7,14-16H2,1-2H3,(H2,28,29,30)/t20-/m1/s1. The van der Waals surface area contributed by atoms with Crippen molar-refractivity contribution in [2.45, 2.75) is 38.3 Å². The maximum atomic E-state index is 10.9. The van der Waals surface area contributed by atoms with Crippen molar-refractivity contribution in [3.05, 3.63) is 60.9 Å². The number of aromatic nitrogens is 4. The minimum Gasteiger partial charge on any atom is -0.461 e. The van der Waals surface area contributed by atoms with Gasteiger partial charge in [-0.05, 0) is 69.6 Å². The summed E-state index contributed by atoms with van der Waals surface area (Å²) in [7, 11) is 0. The zero-order chi connectivity index (χ0) is 25.1. The fraction of sp³-hybridized carbons (Fsp3) is 0.333. The van der Waals surface area contributed by atoms with Crippen molar-refractivity contribution in [2.75, 3.05) is 25.4 Å². The quantitative estimate of drug-likeness (QED) is 0.364. The second-order valence-corrected chi connectivity index (χ2v) is 9.70. The maximum Gasteiger partial charge on any atom is 0.293 e. The molecule has 2 aromatic carbocycles. The molecule has 0 spiro atoms. The molecule has 5 rings (SSSR count). The van der Waals surface area contributed by atoms with E-state index in [1.165, 1.54) is 6.33 Å². The van der Waals surface area contributed by atoms with Gasteiger partial charge in [0.15, 0.2) is 5.65 Å². The number of nitrogens with zero attached hydrogens (tertiary/aromatic N) is 5. The monoisotopic (exact) mass is 486 g/mol. The van der Waals surface area contributed by atoms with E-state index in [1.807, 2.05) is 73.1 Å². The second-order valence-electron chi connectivity index (χ2n) is 9.70. The Labute approximate surface area is 209 Å². The molecule has 0 unspecified atom stereocenters. The highest BCUT2D eigenvalue weighted by atomic mass is 16.5. The fourth-order valence-electron chi connectivity index (χ4n) is 4.84. The van der Waals surface area contributed by atoms with Gasteiger partial charge in [0.25, 0.3) is 6.47 Å². The molecule has 36 heavy (non-hydrogen) atoms. The second kappa shape index (κ2) is 9.94. The molecular formula is C27H30N6O3. The maximum absolute atomic E-state index is 10.9. The van der Waals surface area contributed by atoms with Gasteiger partial charge in [-0.3, -0.25) is 9.69 Å². The van der Waals surface area contributed by atoms with E-state index in [0.717, 1.165) is 59.7 Å². The molecule has 0 amide bonds. The van der Waals surface area contributed by atoms with Gasteiger partial charge in [-0.25, -0.2) is 14.6 Å². The van der Waals surface area contributed by atoms with Crippen LogP contribution in [-0.4, -0.2) is 56.4 Å². The Hall–Kier alpha value is -3.98. The van der Waals surface area contributed by atoms with Gasteiger partial charge in [0.05, 0.1) is 11.4 Å². The normalized spacial score (nSPS) is 16.7. The number of hydrogen-bond acceptors (Lipinski definition) is 8. The Balaban J connectivity index is 1.44. The van der Waals surface area contributed by atoms with Crippen LogP contribution in [0.4, 0.5) is 5.82 Å². The first-order valence-corrected chi connectivity index (χ1v) is 12.1. The number of para-hydroxylation sites is 1. The van der Waals surface area contributed by atoms with Gasteiger partial charge in [-0.2, -0.15) is 5.10 Å². The van der Waals surface area contributed by atoms with Gasteiger partial charge in [0.1, 0.15) is 34.9 Å². The lowest BCUT2D eigenvalue weighted by Gasteiger charge is -2.37. The van der Waals surface area contributed by atoms with Gasteiger partial charge in [-0.15, -0.1) is 0 Å². The fourth-order valence-corrected chi connectivity index (χ4v) is 4.84. The van der Waals surface area contributed by atoms with Crippen LogP contribution in [0.15, 0.2) is 60.9 Å². The first-order valence-electron chi connectivity index (χ1n) is 12.1. The zero-order valence-corrected chi connectivity index (χ0v) is 20.5. The average Bonchev–Trinajstić information content (AvgIpc) is 3.26. The number of nitrogen functional groups attached to an aromatic ring is 1. The summed E-state index contributed by atoms with van der Waals surface area (Å²) in [5.41, 5.74) is 8.14. The molecule has 1 atom stereocenters. The number of nitrogens with two attached hydrogens (primary N) is 1. The van der Waals surface area contributed by atoms with Crippen molar-refractivity contribution in [1.29, 1.82) is 0 Å². The van der Waals surface area contributed by atoms with E-state index in [-0.39, 0.29) is 6.04 Å². The van der Waals surface area contributed by atoms with Crippen LogP contribution in [0, 0.1) is 0 Å². The highest BCUT2D eigenvalue weighted by Gasteiger charge is 2.30. The summed E-state index contributed by atoms with van der Waals surface area (Å²) >= 11 is 0. The number of piperidine rings is 1. The third-order valence-corrected chi connectivity index (χ3v) is 6.42. The Bertz CT molecular complexity index is 1340. The Morgan fingerprint density at radius 3 is 2.58 bits per heavy atom. The predicted molar refractivity (Wildman–Crippen MR) is 138 cm³/mol. The smallest absolute Gasteiger partial charge is 0.293 e. The van der Waals surface area contributed by atoms with Crippen LogP contribution >= 0.6 is 0 Å². The largest absolute Gasteiger partial charge is 0.461 e. The molecule has 1 saturated heterocycles. The van der Waals surface area contributed by atoms with Crippen molar-refractivity contribution in [2.24, 2.45) is 0 Å². The van der Waals surface area contributed by atoms with E-state index in [1.54, 1.807) is 0 Å². The first kappa shape index (κ1) is 23.7. The average molecular weight is 487 g/mol. The minimum atomic E-state index is -0.558. The molecule has 1 aliphatic rings. The lowest BCUT2D eigenvalue weighted by Crippen LogP contribution is -2.45. The predicted octanol–water partition coefficient (Wildman–Crippen LogP) is 4.46. The van der Waals surface area contributed by atoms with Crippen LogP contribution in [0.2, 0.25) is 0 Å². The van der Waals surface area contributed by atoms with E-state index < -0.39 is 5.60 Å². The molecule has 9 nitrogen and oxygen atoms in total. The van der Waals surface area contributed by atoms with E-state index >= 15 is 0 Å². The van der Waals surface area contributed by atoms with Crippen LogP contribution in [0.1, 0.15) is 32.7 Å². The molecule has 2 aromatic heterocycles. The highest BCUT2D eigenvalue weighted by molar-refractivity contribution is 5.98. The van der Waals surface area contributed by atoms with Gasteiger partial charge in [-0.1, -0.05) is 18.2 Å². The van der Waals surface area contributed by atoms with Gasteiger partial charge in [0, 0.05) is 18.7 Å². The molecule has 0 bridgehead atoms. The Morgan fingerprint density at radius 2 is 1.83 bits per heavy atom. The number of hydrogen-bond donors (Lipinski definition) is 1. The number of rotatable bonds is 8. The minimum absolute atomic E-state index is 0.108. The molecule has 4 aromatic rings. The highest BCUT2D eigenvalue weighted by Crippen LogP contribution is 2.35. The lowest BCUT2D eigenvalue weighted by molar-refractivity contribution is -0.142. The van der Waals surface area contributed by atoms with Crippen molar-refractivity contribution in [3.63, 3.8) is 0 Å². The SMILES string of the molecule is CC(C)(CN1CCC[C@@H](n2nc(-c3ccc(Oc4ccccc4)cc3)c3c(N)ncnc32)C1)OC=O. The summed E-state index contributed by atoms with van der Waals surface area (Å²) in [5.74, 6) is 1.92. The molecule has 1 fully saturated rings. The summed E-state index contributed by atoms with van der Waals surface area (Å²) in [5, 5.41) is 5.75. The number of anilines is 1. The van der Waals surface area contributed by atoms with Crippen LogP contribution in [0.3, 0.4) is 0 Å². The number of fused-ring (bicyclic) bond motifs is 1. The number of carbonyl (C=O) groups excluding carboxylic acids is 1. The molecular weight excluding hydrogens is 456 g/mol. The molecule has 186 valence electrons. The number of carbonyl (C=O) groups is 1. The number of likely N-dealkylation sites (tertiary alicyclic amines) is 1. The zero-order valence-electron chi connectivity index (χ0n) is 20.5. The van der Waals surface area contributed by atoms with Gasteiger partial charge < -0.3 is 15.2 Å². The summed E-state index contributed by atoms with van der Waals surface area (Å²) in [6.07, 6.45) is 3.46. The summed E-state index contributed by atoms with van der Waals surface area (Å²) < 4.78 is 13.2. The molecule has 3 heterocycles. The molecule has 0 radical (unpaired) electrons. The topological polar surface area (TPSA) is 108 Å². The lowest BCUT2D eigenvalue weighted by atomic mass is 10.0. The summed E-state index contributed by atoms with van der Waals surface area (Å²) in [6, 6.07) is 17.6.